The van der Waals surface area contributed by atoms with Crippen molar-refractivity contribution in [2.75, 3.05) is 5.32 Å². The zero-order chi connectivity index (χ0) is 11.5. The minimum atomic E-state index is 0.404. The maximum atomic E-state index is 6.09. The second-order valence-electron chi connectivity index (χ2n) is 3.60. The lowest BCUT2D eigenvalue weighted by Crippen LogP contribution is -2.36. The Morgan fingerprint density at radius 3 is 2.81 bits per heavy atom. The summed E-state index contributed by atoms with van der Waals surface area (Å²) < 4.78 is 1.09. The van der Waals surface area contributed by atoms with Crippen molar-refractivity contribution < 1.29 is 0 Å². The van der Waals surface area contributed by atoms with Gasteiger partial charge in [-0.1, -0.05) is 11.6 Å². The SMILES string of the molecule is NNC(=NC1CC1)Nc1ccc(I)cc1Cl. The van der Waals surface area contributed by atoms with Crippen LogP contribution in [0.1, 0.15) is 12.8 Å². The Morgan fingerprint density at radius 2 is 2.25 bits per heavy atom. The van der Waals surface area contributed by atoms with E-state index in [2.05, 4.69) is 38.3 Å². The number of rotatable bonds is 2. The van der Waals surface area contributed by atoms with Crippen molar-refractivity contribution in [2.24, 2.45) is 10.8 Å². The van der Waals surface area contributed by atoms with E-state index < -0.39 is 0 Å². The average molecular weight is 351 g/mol. The summed E-state index contributed by atoms with van der Waals surface area (Å²) in [7, 11) is 0. The van der Waals surface area contributed by atoms with E-state index >= 15 is 0 Å². The van der Waals surface area contributed by atoms with E-state index in [1.165, 1.54) is 0 Å². The van der Waals surface area contributed by atoms with Gasteiger partial charge in [0.05, 0.1) is 16.8 Å². The van der Waals surface area contributed by atoms with Crippen molar-refractivity contribution in [3.63, 3.8) is 0 Å². The van der Waals surface area contributed by atoms with Gasteiger partial charge >= 0.3 is 0 Å². The molecule has 0 heterocycles. The van der Waals surface area contributed by atoms with Crippen molar-refractivity contribution >= 4 is 45.8 Å². The Hall–Kier alpha value is -0.530. The van der Waals surface area contributed by atoms with E-state index in [1.807, 2.05) is 18.2 Å². The van der Waals surface area contributed by atoms with Crippen LogP contribution in [0, 0.1) is 3.57 Å². The topological polar surface area (TPSA) is 62.4 Å². The van der Waals surface area contributed by atoms with Crippen LogP contribution in [0.5, 0.6) is 0 Å². The Labute approximate surface area is 113 Å². The molecule has 0 spiro atoms. The van der Waals surface area contributed by atoms with Gasteiger partial charge in [0.2, 0.25) is 5.96 Å². The molecule has 1 aliphatic carbocycles. The molecule has 0 amide bonds. The average Bonchev–Trinajstić information content (AvgIpc) is 3.04. The molecule has 1 saturated carbocycles. The van der Waals surface area contributed by atoms with Crippen LogP contribution in [-0.4, -0.2) is 12.0 Å². The number of benzene rings is 1. The molecule has 0 saturated heterocycles. The Kier molecular flexibility index (Phi) is 3.88. The monoisotopic (exact) mass is 350 g/mol. The molecule has 0 bridgehead atoms. The van der Waals surface area contributed by atoms with Crippen LogP contribution in [0.25, 0.3) is 0 Å². The normalized spacial score (nSPS) is 16.1. The highest BCUT2D eigenvalue weighted by molar-refractivity contribution is 14.1. The van der Waals surface area contributed by atoms with Crippen molar-refractivity contribution in [2.45, 2.75) is 18.9 Å². The van der Waals surface area contributed by atoms with Crippen LogP contribution in [0.4, 0.5) is 5.69 Å². The summed E-state index contributed by atoms with van der Waals surface area (Å²) in [5.74, 6) is 5.95. The molecule has 6 heteroatoms. The number of halogens is 2. The Bertz CT molecular complexity index is 417. The van der Waals surface area contributed by atoms with Gasteiger partial charge in [0.15, 0.2) is 0 Å². The fourth-order valence-electron chi connectivity index (χ4n) is 1.21. The molecule has 0 atom stereocenters. The summed E-state index contributed by atoms with van der Waals surface area (Å²) >= 11 is 8.30. The van der Waals surface area contributed by atoms with Crippen molar-refractivity contribution in [3.05, 3.63) is 26.8 Å². The van der Waals surface area contributed by atoms with Gasteiger partial charge in [0, 0.05) is 3.57 Å². The van der Waals surface area contributed by atoms with Crippen LogP contribution < -0.4 is 16.6 Å². The molecular weight excluding hydrogens is 338 g/mol. The molecule has 4 nitrogen and oxygen atoms in total. The quantitative estimate of drug-likeness (QED) is 0.252. The zero-order valence-electron chi connectivity index (χ0n) is 8.50. The second kappa shape index (κ2) is 5.20. The summed E-state index contributed by atoms with van der Waals surface area (Å²) in [6.45, 7) is 0. The van der Waals surface area contributed by atoms with Crippen molar-refractivity contribution in [1.82, 2.24) is 5.43 Å². The number of nitrogens with two attached hydrogens (primary N) is 1. The van der Waals surface area contributed by atoms with Gasteiger partial charge in [-0.25, -0.2) is 10.8 Å². The predicted molar refractivity (Wildman–Crippen MR) is 75.6 cm³/mol. The van der Waals surface area contributed by atoms with Crippen LogP contribution >= 0.6 is 34.2 Å². The first-order valence-electron chi connectivity index (χ1n) is 4.95. The predicted octanol–water partition coefficient (Wildman–Crippen LogP) is 2.34. The van der Waals surface area contributed by atoms with E-state index in [1.54, 1.807) is 0 Å². The van der Waals surface area contributed by atoms with Gasteiger partial charge in [0.25, 0.3) is 0 Å². The fourth-order valence-corrected chi connectivity index (χ4v) is 2.11. The van der Waals surface area contributed by atoms with Crippen LogP contribution in [0.15, 0.2) is 23.2 Å². The molecule has 86 valence electrons. The highest BCUT2D eigenvalue weighted by Crippen LogP contribution is 2.25. The summed E-state index contributed by atoms with van der Waals surface area (Å²) in [6.07, 6.45) is 2.26. The maximum Gasteiger partial charge on any atom is 0.210 e. The third kappa shape index (κ3) is 3.23. The smallest absolute Gasteiger partial charge is 0.210 e. The summed E-state index contributed by atoms with van der Waals surface area (Å²) in [5, 5.41) is 3.73. The first kappa shape index (κ1) is 11.9. The number of nitrogens with one attached hydrogen (secondary N) is 2. The molecule has 1 fully saturated rings. The third-order valence-corrected chi connectivity index (χ3v) is 3.16. The van der Waals surface area contributed by atoms with E-state index in [0.717, 1.165) is 22.1 Å². The maximum absolute atomic E-state index is 6.09. The second-order valence-corrected chi connectivity index (χ2v) is 5.26. The lowest BCUT2D eigenvalue weighted by atomic mass is 10.3. The lowest BCUT2D eigenvalue weighted by Gasteiger charge is -2.10. The van der Waals surface area contributed by atoms with Gasteiger partial charge in [-0.15, -0.1) is 0 Å². The molecule has 4 N–H and O–H groups in total. The standard InChI is InChI=1S/C10H12ClIN4/c11-8-5-6(12)1-4-9(8)15-10(16-13)14-7-2-3-7/h1,4-5,7H,2-3,13H2,(H2,14,15,16). The third-order valence-electron chi connectivity index (χ3n) is 2.18. The van der Waals surface area contributed by atoms with E-state index in [9.17, 15) is 0 Å². The van der Waals surface area contributed by atoms with E-state index in [4.69, 9.17) is 17.4 Å². The molecule has 0 aliphatic heterocycles. The number of aliphatic imine (C=N–C) groups is 1. The molecule has 1 aromatic carbocycles. The highest BCUT2D eigenvalue weighted by atomic mass is 127. The molecule has 0 unspecified atom stereocenters. The molecule has 0 aromatic heterocycles. The molecule has 1 aromatic rings. The highest BCUT2D eigenvalue weighted by Gasteiger charge is 2.21. The number of guanidine groups is 1. The van der Waals surface area contributed by atoms with Gasteiger partial charge in [-0.2, -0.15) is 0 Å². The molecule has 2 rings (SSSR count). The number of hydrogen-bond acceptors (Lipinski definition) is 2. The molecule has 16 heavy (non-hydrogen) atoms. The van der Waals surface area contributed by atoms with Gasteiger partial charge in [0.1, 0.15) is 0 Å². The fraction of sp³-hybridized carbons (Fsp3) is 0.300. The van der Waals surface area contributed by atoms with E-state index in [0.29, 0.717) is 17.0 Å². The number of anilines is 1. The zero-order valence-corrected chi connectivity index (χ0v) is 11.4. The number of nitrogens with zero attached hydrogens (tertiary/aromatic N) is 1. The summed E-state index contributed by atoms with van der Waals surface area (Å²) in [5.41, 5.74) is 3.35. The van der Waals surface area contributed by atoms with Crippen LogP contribution in [0.2, 0.25) is 5.02 Å². The first-order valence-corrected chi connectivity index (χ1v) is 6.41. The van der Waals surface area contributed by atoms with Crippen LogP contribution in [-0.2, 0) is 0 Å². The van der Waals surface area contributed by atoms with Crippen LogP contribution in [0.3, 0.4) is 0 Å². The Morgan fingerprint density at radius 1 is 1.50 bits per heavy atom. The number of hydrogen-bond donors (Lipinski definition) is 3. The largest absolute Gasteiger partial charge is 0.324 e. The minimum Gasteiger partial charge on any atom is -0.324 e. The minimum absolute atomic E-state index is 0.404. The number of hydrazine groups is 1. The van der Waals surface area contributed by atoms with E-state index in [-0.39, 0.29) is 0 Å². The molecule has 1 aliphatic rings. The van der Waals surface area contributed by atoms with Gasteiger partial charge in [-0.3, -0.25) is 5.43 Å². The van der Waals surface area contributed by atoms with Gasteiger partial charge in [-0.05, 0) is 53.6 Å². The lowest BCUT2D eigenvalue weighted by molar-refractivity contribution is 0.966. The summed E-state index contributed by atoms with van der Waals surface area (Å²) in [4.78, 5) is 4.37. The van der Waals surface area contributed by atoms with Crippen molar-refractivity contribution in [1.29, 1.82) is 0 Å². The molecule has 0 radical (unpaired) electrons. The Balaban J connectivity index is 2.12. The first-order chi connectivity index (χ1) is 7.69. The van der Waals surface area contributed by atoms with Gasteiger partial charge < -0.3 is 5.32 Å². The van der Waals surface area contributed by atoms with Crippen molar-refractivity contribution in [3.8, 4) is 0 Å². The molecular formula is C10H12ClIN4. The summed E-state index contributed by atoms with van der Waals surface area (Å²) in [6, 6.07) is 6.17.